The Kier molecular flexibility index (Phi) is 9.56. The van der Waals surface area contributed by atoms with Crippen molar-refractivity contribution in [1.82, 2.24) is 5.32 Å². The topological polar surface area (TPSA) is 109 Å². The molecule has 1 heterocycles. The first-order valence-electron chi connectivity index (χ1n) is 14.8. The minimum atomic E-state index is -0.718. The molecule has 234 valence electrons. The molecule has 2 atom stereocenters. The van der Waals surface area contributed by atoms with Gasteiger partial charge >= 0.3 is 11.9 Å². The van der Waals surface area contributed by atoms with E-state index in [1.54, 1.807) is 32.4 Å². The summed E-state index contributed by atoms with van der Waals surface area (Å²) in [5.41, 5.74) is 4.85. The quantitative estimate of drug-likeness (QED) is 0.225. The van der Waals surface area contributed by atoms with Gasteiger partial charge in [0.1, 0.15) is 0 Å². The Morgan fingerprint density at radius 3 is 2.16 bits per heavy atom. The van der Waals surface area contributed by atoms with E-state index >= 15 is 0 Å². The van der Waals surface area contributed by atoms with Gasteiger partial charge in [-0.2, -0.15) is 0 Å². The lowest BCUT2D eigenvalue weighted by Crippen LogP contribution is -2.36. The second kappa shape index (κ2) is 13.7. The summed E-state index contributed by atoms with van der Waals surface area (Å²) in [6, 6.07) is 20.5. The van der Waals surface area contributed by atoms with E-state index in [1.807, 2.05) is 55.5 Å². The van der Waals surface area contributed by atoms with Crippen LogP contribution in [0.2, 0.25) is 0 Å². The van der Waals surface area contributed by atoms with Gasteiger partial charge in [-0.1, -0.05) is 42.5 Å². The van der Waals surface area contributed by atoms with Crippen molar-refractivity contribution in [1.29, 1.82) is 0 Å². The molecule has 3 aromatic rings. The van der Waals surface area contributed by atoms with Crippen molar-refractivity contribution in [3.63, 3.8) is 0 Å². The zero-order valence-corrected chi connectivity index (χ0v) is 26.1. The van der Waals surface area contributed by atoms with Crippen molar-refractivity contribution in [3.8, 4) is 23.0 Å². The van der Waals surface area contributed by atoms with E-state index in [0.717, 1.165) is 16.8 Å². The molecule has 9 heteroatoms. The summed E-state index contributed by atoms with van der Waals surface area (Å²) in [6.07, 6.45) is 1.34. The van der Waals surface area contributed by atoms with Crippen LogP contribution in [0.15, 0.2) is 89.3 Å². The van der Waals surface area contributed by atoms with Crippen molar-refractivity contribution in [2.45, 2.75) is 44.9 Å². The lowest BCUT2D eigenvalue weighted by atomic mass is 9.71. The minimum absolute atomic E-state index is 0.0846. The SMILES string of the molecule is COc1ccc([C@@H]2CC(=O)C3=C(C2)NC(C)=C(C(=O)OCCc2ccccc2)[C@H]3c2ccc(OC(C)=O)c(OC)c2)cc1OC. The fourth-order valence-corrected chi connectivity index (χ4v) is 6.07. The fraction of sp³-hybridized carbons (Fsp3) is 0.306. The van der Waals surface area contributed by atoms with Crippen LogP contribution in [0.5, 0.6) is 23.0 Å². The molecule has 0 amide bonds. The first kappa shape index (κ1) is 31.4. The van der Waals surface area contributed by atoms with Crippen molar-refractivity contribution >= 4 is 17.7 Å². The van der Waals surface area contributed by atoms with E-state index in [2.05, 4.69) is 5.32 Å². The number of esters is 2. The summed E-state index contributed by atoms with van der Waals surface area (Å²) in [7, 11) is 4.63. The molecule has 0 fully saturated rings. The molecule has 1 aliphatic carbocycles. The van der Waals surface area contributed by atoms with Gasteiger partial charge in [-0.25, -0.2) is 4.79 Å². The number of Topliss-reactive ketones (excluding diaryl/α,β-unsaturated/α-hetero) is 1. The molecule has 0 saturated carbocycles. The highest BCUT2D eigenvalue weighted by atomic mass is 16.6. The van der Waals surface area contributed by atoms with Crippen molar-refractivity contribution in [2.75, 3.05) is 27.9 Å². The Morgan fingerprint density at radius 1 is 0.822 bits per heavy atom. The number of hydrogen-bond donors (Lipinski definition) is 1. The molecule has 1 N–H and O–H groups in total. The number of carbonyl (C=O) groups is 3. The highest BCUT2D eigenvalue weighted by molar-refractivity contribution is 6.04. The highest BCUT2D eigenvalue weighted by Gasteiger charge is 2.42. The maximum Gasteiger partial charge on any atom is 0.336 e. The summed E-state index contributed by atoms with van der Waals surface area (Å²) in [4.78, 5) is 39.5. The van der Waals surface area contributed by atoms with Crippen molar-refractivity contribution in [2.24, 2.45) is 0 Å². The minimum Gasteiger partial charge on any atom is -0.493 e. The van der Waals surface area contributed by atoms with Gasteiger partial charge in [-0.3, -0.25) is 9.59 Å². The molecule has 45 heavy (non-hydrogen) atoms. The average molecular weight is 612 g/mol. The molecule has 2 aliphatic rings. The number of rotatable bonds is 10. The summed E-state index contributed by atoms with van der Waals surface area (Å²) in [6.45, 7) is 3.31. The maximum absolute atomic E-state index is 14.1. The van der Waals surface area contributed by atoms with Gasteiger partial charge in [-0.15, -0.1) is 0 Å². The Balaban J connectivity index is 1.52. The van der Waals surface area contributed by atoms with E-state index in [-0.39, 0.29) is 30.5 Å². The monoisotopic (exact) mass is 611 g/mol. The lowest BCUT2D eigenvalue weighted by molar-refractivity contribution is -0.139. The third kappa shape index (κ3) is 6.72. The van der Waals surface area contributed by atoms with Crippen LogP contribution in [-0.4, -0.2) is 45.7 Å². The molecule has 3 aromatic carbocycles. The number of ether oxygens (including phenoxy) is 5. The number of allylic oxidation sites excluding steroid dienone is 3. The second-order valence-electron chi connectivity index (χ2n) is 11.0. The highest BCUT2D eigenvalue weighted by Crippen LogP contribution is 2.47. The Hall–Kier alpha value is -5.05. The van der Waals surface area contributed by atoms with Crippen LogP contribution >= 0.6 is 0 Å². The van der Waals surface area contributed by atoms with E-state index in [4.69, 9.17) is 23.7 Å². The van der Waals surface area contributed by atoms with Crippen molar-refractivity contribution in [3.05, 3.63) is 106 Å². The Labute approximate surface area is 262 Å². The third-order valence-corrected chi connectivity index (χ3v) is 8.17. The van der Waals surface area contributed by atoms with Crippen LogP contribution in [0, 0.1) is 0 Å². The third-order valence-electron chi connectivity index (χ3n) is 8.17. The van der Waals surface area contributed by atoms with Crippen LogP contribution in [0.1, 0.15) is 55.2 Å². The predicted molar refractivity (Wildman–Crippen MR) is 168 cm³/mol. The van der Waals surface area contributed by atoms with E-state index < -0.39 is 17.9 Å². The molecule has 5 rings (SSSR count). The molecule has 0 radical (unpaired) electrons. The van der Waals surface area contributed by atoms with E-state index in [1.165, 1.54) is 14.0 Å². The smallest absolute Gasteiger partial charge is 0.336 e. The number of hydrogen-bond acceptors (Lipinski definition) is 9. The van der Waals surface area contributed by atoms with Crippen LogP contribution in [-0.2, 0) is 25.5 Å². The van der Waals surface area contributed by atoms with Crippen LogP contribution in [0.4, 0.5) is 0 Å². The number of ketones is 1. The molecule has 0 bridgehead atoms. The van der Waals surface area contributed by atoms with Gasteiger partial charge in [0, 0.05) is 42.7 Å². The molecule has 0 spiro atoms. The van der Waals surface area contributed by atoms with Gasteiger partial charge in [0.15, 0.2) is 28.8 Å². The van der Waals surface area contributed by atoms with Crippen LogP contribution < -0.4 is 24.3 Å². The Bertz CT molecular complexity index is 1670. The fourth-order valence-electron chi connectivity index (χ4n) is 6.07. The molecular formula is C36H37NO8. The summed E-state index contributed by atoms with van der Waals surface area (Å²) >= 11 is 0. The number of nitrogens with one attached hydrogen (secondary N) is 1. The number of methoxy groups -OCH3 is 3. The van der Waals surface area contributed by atoms with Gasteiger partial charge in [0.2, 0.25) is 0 Å². The van der Waals surface area contributed by atoms with Crippen LogP contribution in [0.3, 0.4) is 0 Å². The molecule has 0 aromatic heterocycles. The van der Waals surface area contributed by atoms with Gasteiger partial charge in [0.05, 0.1) is 33.5 Å². The number of benzene rings is 3. The zero-order valence-electron chi connectivity index (χ0n) is 26.1. The Morgan fingerprint density at radius 2 is 1.47 bits per heavy atom. The summed E-state index contributed by atoms with van der Waals surface area (Å²) in [5.74, 6) is -0.161. The maximum atomic E-state index is 14.1. The van der Waals surface area contributed by atoms with Gasteiger partial charge in [-0.05, 0) is 60.2 Å². The number of carbonyl (C=O) groups excluding carboxylic acids is 3. The van der Waals surface area contributed by atoms with Gasteiger partial charge in [0.25, 0.3) is 0 Å². The molecule has 9 nitrogen and oxygen atoms in total. The molecule has 1 aliphatic heterocycles. The van der Waals surface area contributed by atoms with Crippen molar-refractivity contribution < 1.29 is 38.1 Å². The first-order chi connectivity index (χ1) is 21.7. The summed E-state index contributed by atoms with van der Waals surface area (Å²) < 4.78 is 27.6. The first-order valence-corrected chi connectivity index (χ1v) is 14.8. The second-order valence-corrected chi connectivity index (χ2v) is 11.0. The zero-order chi connectivity index (χ0) is 32.1. The average Bonchev–Trinajstić information content (AvgIpc) is 3.04. The van der Waals surface area contributed by atoms with Gasteiger partial charge < -0.3 is 29.0 Å². The molecule has 0 unspecified atom stereocenters. The largest absolute Gasteiger partial charge is 0.493 e. The standard InChI is InChI=1S/C36H37NO8/c1-21-33(36(40)44-16-15-23-9-7-6-8-10-23)34(25-12-14-30(45-22(2)38)32(20-25)43-5)35-27(37-21)17-26(18-28(35)39)24-11-13-29(41-3)31(19-24)42-4/h6-14,19-20,26,34,37H,15-18H2,1-5H3/t26-,34+/m0/s1. The predicted octanol–water partition coefficient (Wildman–Crippen LogP) is 5.79. The number of dihydropyridines is 1. The lowest BCUT2D eigenvalue weighted by Gasteiger charge is -2.37. The summed E-state index contributed by atoms with van der Waals surface area (Å²) in [5, 5.41) is 3.39. The molecular weight excluding hydrogens is 574 g/mol. The van der Waals surface area contributed by atoms with Crippen LogP contribution in [0.25, 0.3) is 0 Å². The van der Waals surface area contributed by atoms with E-state index in [0.29, 0.717) is 52.5 Å². The normalized spacial score (nSPS) is 17.7. The molecule has 0 saturated heterocycles. The van der Waals surface area contributed by atoms with E-state index in [9.17, 15) is 14.4 Å².